The van der Waals surface area contributed by atoms with Gasteiger partial charge >= 0.3 is 6.09 Å². The number of carbonyl (C=O) groups is 4. The third-order valence-electron chi connectivity index (χ3n) is 11.5. The lowest BCUT2D eigenvalue weighted by molar-refractivity contribution is -0.142. The molecule has 6 rings (SSSR count). The number of hydrogen-bond donors (Lipinski definition) is 3. The number of methoxy groups -OCH3 is 1. The van der Waals surface area contributed by atoms with Gasteiger partial charge in [-0.25, -0.2) is 18.2 Å². The van der Waals surface area contributed by atoms with Crippen molar-refractivity contribution in [3.8, 4) is 11.6 Å². The lowest BCUT2D eigenvalue weighted by Crippen LogP contribution is -2.59. The maximum absolute atomic E-state index is 14.9. The SMILES string of the molecule is CC[C@@H]1C[C@H](C)CCC=C[C@@H]2C[C@@]2(C(=O)NS(=O)(=O)C2(C)CC2)NC(=O)C2C[C@@H](Oc3nccc4cc(OC)ccc34)CN2C(=O)[C@H]1NC(=O)OC(C)(C)C. The van der Waals surface area contributed by atoms with Crippen LogP contribution in [0.25, 0.3) is 10.8 Å². The number of carbonyl (C=O) groups excluding carboxylic acids is 4. The Morgan fingerprint density at radius 3 is 2.55 bits per heavy atom. The topological polar surface area (TPSA) is 182 Å². The van der Waals surface area contributed by atoms with E-state index in [0.717, 1.165) is 11.8 Å². The Kier molecular flexibility index (Phi) is 11.2. The van der Waals surface area contributed by atoms with Crippen molar-refractivity contribution in [2.24, 2.45) is 17.8 Å². The van der Waals surface area contributed by atoms with Crippen LogP contribution in [0.1, 0.15) is 92.9 Å². The zero-order valence-electron chi connectivity index (χ0n) is 32.8. The van der Waals surface area contributed by atoms with Gasteiger partial charge in [0.1, 0.15) is 35.1 Å². The summed E-state index contributed by atoms with van der Waals surface area (Å²) in [6.45, 7) is 10.9. The first-order valence-corrected chi connectivity index (χ1v) is 20.8. The summed E-state index contributed by atoms with van der Waals surface area (Å²) in [4.78, 5) is 62.6. The number of amides is 4. The molecule has 2 saturated carbocycles. The van der Waals surface area contributed by atoms with Crippen molar-refractivity contribution in [3.05, 3.63) is 42.6 Å². The van der Waals surface area contributed by atoms with Crippen LogP contribution < -0.4 is 24.8 Å². The van der Waals surface area contributed by atoms with Gasteiger partial charge in [0, 0.05) is 23.9 Å². The van der Waals surface area contributed by atoms with Gasteiger partial charge in [0.05, 0.1) is 18.4 Å². The summed E-state index contributed by atoms with van der Waals surface area (Å²) >= 11 is 0. The Bertz CT molecular complexity index is 1960. The molecule has 300 valence electrons. The van der Waals surface area contributed by atoms with E-state index < -0.39 is 73.8 Å². The van der Waals surface area contributed by atoms with Crippen molar-refractivity contribution in [1.29, 1.82) is 0 Å². The fourth-order valence-electron chi connectivity index (χ4n) is 7.76. The number of hydrogen-bond acceptors (Lipinski definition) is 10. The van der Waals surface area contributed by atoms with Crippen molar-refractivity contribution >= 4 is 44.6 Å². The van der Waals surface area contributed by atoms with Gasteiger partial charge in [0.15, 0.2) is 0 Å². The normalized spacial score (nSPS) is 29.5. The van der Waals surface area contributed by atoms with Gasteiger partial charge < -0.3 is 29.7 Å². The van der Waals surface area contributed by atoms with E-state index in [1.165, 1.54) is 4.90 Å². The molecule has 7 atom stereocenters. The molecular formula is C40H55N5O9S. The van der Waals surface area contributed by atoms with Crippen molar-refractivity contribution in [2.45, 2.75) is 127 Å². The van der Waals surface area contributed by atoms with Crippen LogP contribution in [-0.2, 0) is 29.1 Å². The van der Waals surface area contributed by atoms with E-state index in [0.29, 0.717) is 49.1 Å². The predicted molar refractivity (Wildman–Crippen MR) is 206 cm³/mol. The van der Waals surface area contributed by atoms with Crippen molar-refractivity contribution in [3.63, 3.8) is 0 Å². The number of pyridine rings is 1. The molecule has 2 aliphatic heterocycles. The quantitative estimate of drug-likeness (QED) is 0.316. The molecule has 3 fully saturated rings. The molecule has 15 heteroatoms. The number of fused-ring (bicyclic) bond motifs is 3. The number of sulfonamides is 1. The summed E-state index contributed by atoms with van der Waals surface area (Å²) in [5.41, 5.74) is -2.35. The van der Waals surface area contributed by atoms with Gasteiger partial charge in [-0.3, -0.25) is 19.1 Å². The molecule has 1 saturated heterocycles. The third kappa shape index (κ3) is 8.71. The molecular weight excluding hydrogens is 727 g/mol. The molecule has 4 aliphatic rings. The highest BCUT2D eigenvalue weighted by molar-refractivity contribution is 7.91. The molecule has 2 aliphatic carbocycles. The lowest BCUT2D eigenvalue weighted by Gasteiger charge is -2.34. The zero-order valence-corrected chi connectivity index (χ0v) is 33.7. The minimum absolute atomic E-state index is 0.0150. The Morgan fingerprint density at radius 1 is 1.13 bits per heavy atom. The number of nitrogens with one attached hydrogen (secondary N) is 3. The fraction of sp³-hybridized carbons (Fsp3) is 0.625. The number of benzene rings is 1. The molecule has 0 spiro atoms. The number of nitrogens with zero attached hydrogens (tertiary/aromatic N) is 2. The highest BCUT2D eigenvalue weighted by atomic mass is 32.2. The second-order valence-corrected chi connectivity index (χ2v) is 19.2. The van der Waals surface area contributed by atoms with Gasteiger partial charge in [-0.2, -0.15) is 0 Å². The van der Waals surface area contributed by atoms with Crippen LogP contribution in [0.4, 0.5) is 4.79 Å². The zero-order chi connectivity index (χ0) is 39.9. The average Bonchev–Trinajstić information content (AvgIpc) is 4.00. The Hall–Kier alpha value is -4.40. The Balaban J connectivity index is 1.36. The maximum atomic E-state index is 14.9. The van der Waals surface area contributed by atoms with Gasteiger partial charge in [0.25, 0.3) is 5.91 Å². The van der Waals surface area contributed by atoms with E-state index in [2.05, 4.69) is 27.3 Å². The molecule has 2 aromatic rings. The van der Waals surface area contributed by atoms with Crippen LogP contribution in [0.3, 0.4) is 0 Å². The summed E-state index contributed by atoms with van der Waals surface area (Å²) in [7, 11) is -2.42. The largest absolute Gasteiger partial charge is 0.497 e. The fourth-order valence-corrected chi connectivity index (χ4v) is 9.07. The van der Waals surface area contributed by atoms with Crippen LogP contribution >= 0.6 is 0 Å². The van der Waals surface area contributed by atoms with Crippen molar-refractivity contribution in [2.75, 3.05) is 13.7 Å². The first-order valence-electron chi connectivity index (χ1n) is 19.3. The summed E-state index contributed by atoms with van der Waals surface area (Å²) in [5, 5.41) is 7.31. The van der Waals surface area contributed by atoms with Crippen molar-refractivity contribution in [1.82, 2.24) is 25.2 Å². The van der Waals surface area contributed by atoms with Crippen LogP contribution in [0, 0.1) is 17.8 Å². The van der Waals surface area contributed by atoms with Gasteiger partial charge in [-0.15, -0.1) is 0 Å². The van der Waals surface area contributed by atoms with Crippen LogP contribution in [-0.4, -0.2) is 89.8 Å². The Labute approximate surface area is 323 Å². The van der Waals surface area contributed by atoms with E-state index in [-0.39, 0.29) is 31.2 Å². The highest BCUT2D eigenvalue weighted by Crippen LogP contribution is 2.47. The van der Waals surface area contributed by atoms with Crippen LogP contribution in [0.5, 0.6) is 11.6 Å². The van der Waals surface area contributed by atoms with E-state index in [4.69, 9.17) is 14.2 Å². The van der Waals surface area contributed by atoms with Gasteiger partial charge in [-0.1, -0.05) is 32.4 Å². The minimum atomic E-state index is -4.00. The van der Waals surface area contributed by atoms with Crippen LogP contribution in [0.2, 0.25) is 0 Å². The molecule has 3 heterocycles. The second-order valence-electron chi connectivity index (χ2n) is 17.0. The van der Waals surface area contributed by atoms with E-state index in [1.807, 2.05) is 37.3 Å². The molecule has 55 heavy (non-hydrogen) atoms. The molecule has 1 aromatic heterocycles. The molecule has 1 aromatic carbocycles. The third-order valence-corrected chi connectivity index (χ3v) is 13.7. The molecule has 1 unspecified atom stereocenters. The number of rotatable bonds is 8. The Morgan fingerprint density at radius 2 is 1.87 bits per heavy atom. The van der Waals surface area contributed by atoms with E-state index in [1.54, 1.807) is 47.1 Å². The summed E-state index contributed by atoms with van der Waals surface area (Å²) in [6.07, 6.45) is 7.78. The standard InChI is InChI=1S/C40H55N5O9S/c1-8-25-19-24(2)11-9-10-12-27-22-40(27,36(48)44-55(50,51)39(6)16-17-39)43-33(46)31-21-29(23-45(31)35(47)32(25)42-37(49)54-38(3,4)5)53-34-30-14-13-28(52-7)20-26(30)15-18-41-34/h10,12-15,18,20,24-25,27,29,31-32H,8-9,11,16-17,19,21-23H2,1-7H3,(H,42,49)(H,43,46)(H,44,48)/t24-,25-,27-,29-,31?,32+,40-/m1/s1. The minimum Gasteiger partial charge on any atom is -0.497 e. The maximum Gasteiger partial charge on any atom is 0.408 e. The molecule has 0 radical (unpaired) electrons. The van der Waals surface area contributed by atoms with Crippen molar-refractivity contribution < 1.29 is 41.8 Å². The van der Waals surface area contributed by atoms with E-state index >= 15 is 0 Å². The smallest absolute Gasteiger partial charge is 0.408 e. The highest BCUT2D eigenvalue weighted by Gasteiger charge is 2.63. The summed E-state index contributed by atoms with van der Waals surface area (Å²) in [5.74, 6) is -1.50. The molecule has 3 N–H and O–H groups in total. The number of allylic oxidation sites excluding steroid dienone is 1. The molecule has 4 amide bonds. The molecule has 0 bridgehead atoms. The first-order chi connectivity index (χ1) is 25.9. The number of alkyl carbamates (subject to hydrolysis) is 1. The predicted octanol–water partition coefficient (Wildman–Crippen LogP) is 4.76. The summed E-state index contributed by atoms with van der Waals surface area (Å²) < 4.78 is 45.1. The van der Waals surface area contributed by atoms with E-state index in [9.17, 15) is 27.6 Å². The average molecular weight is 782 g/mol. The van der Waals surface area contributed by atoms with Gasteiger partial charge in [-0.05, 0) is 108 Å². The second kappa shape index (κ2) is 15.3. The van der Waals surface area contributed by atoms with Crippen LogP contribution in [0.15, 0.2) is 42.6 Å². The van der Waals surface area contributed by atoms with Gasteiger partial charge in [0.2, 0.25) is 27.7 Å². The molecule has 14 nitrogen and oxygen atoms in total. The first kappa shape index (κ1) is 40.3. The summed E-state index contributed by atoms with van der Waals surface area (Å²) in [6, 6.07) is 5.15. The monoisotopic (exact) mass is 781 g/mol. The number of ether oxygens (including phenoxy) is 3. The lowest BCUT2D eigenvalue weighted by atomic mass is 9.85. The number of aromatic nitrogens is 1.